The van der Waals surface area contributed by atoms with Crippen molar-refractivity contribution in [3.8, 4) is 5.69 Å². The lowest BCUT2D eigenvalue weighted by molar-refractivity contribution is 0.698. The predicted molar refractivity (Wildman–Crippen MR) is 112 cm³/mol. The minimum Gasteiger partial charge on any atom is -0.378 e. The van der Waals surface area contributed by atoms with E-state index >= 15 is 0 Å². The van der Waals surface area contributed by atoms with Gasteiger partial charge in [-0.3, -0.25) is 9.36 Å². The third-order valence-corrected chi connectivity index (χ3v) is 5.18. The van der Waals surface area contributed by atoms with E-state index in [1.807, 2.05) is 62.4 Å². The fraction of sp³-hybridized carbons (Fsp3) is 0.286. The maximum absolute atomic E-state index is 13.3. The van der Waals surface area contributed by atoms with E-state index in [-0.39, 0.29) is 5.56 Å². The van der Waals surface area contributed by atoms with E-state index in [1.54, 1.807) is 10.8 Å². The summed E-state index contributed by atoms with van der Waals surface area (Å²) >= 11 is 0. The molecule has 0 amide bonds. The number of aromatic nitrogens is 3. The smallest absolute Gasteiger partial charge is 0.278 e. The highest BCUT2D eigenvalue weighted by molar-refractivity contribution is 5.56. The van der Waals surface area contributed by atoms with Crippen LogP contribution in [0.1, 0.15) is 16.8 Å². The molecule has 0 atom stereocenters. The van der Waals surface area contributed by atoms with Gasteiger partial charge in [-0.2, -0.15) is 0 Å². The molecule has 0 aliphatic carbocycles. The van der Waals surface area contributed by atoms with Crippen LogP contribution in [0, 0.1) is 6.92 Å². The molecule has 3 aromatic rings. The lowest BCUT2D eigenvalue weighted by Gasteiger charge is -2.30. The van der Waals surface area contributed by atoms with Gasteiger partial charge in [-0.25, -0.2) is 9.97 Å². The number of nitrogens with two attached hydrogens (primary N) is 1. The van der Waals surface area contributed by atoms with Gasteiger partial charge in [0.25, 0.3) is 5.56 Å². The summed E-state index contributed by atoms with van der Waals surface area (Å²) in [6.45, 7) is 3.31. The molecule has 2 N–H and O–H groups in total. The molecular formula is C21H24N6O. The van der Waals surface area contributed by atoms with Gasteiger partial charge in [-0.15, -0.1) is 0 Å². The van der Waals surface area contributed by atoms with Gasteiger partial charge in [0, 0.05) is 62.9 Å². The number of hydrogen-bond donors (Lipinski definition) is 1. The Bertz CT molecular complexity index is 1070. The molecule has 0 spiro atoms. The standard InChI is InChI=1S/C21H24N6O/c1-14-8-11-27(17-6-4-16(5-7-17)25(2)3)20(28)19(14)26-10-9-18-15(13-26)12-23-21(22)24-18/h4-8,11-12H,9-10,13H2,1-3H3,(H2,22,23,24). The van der Waals surface area contributed by atoms with Crippen LogP contribution in [0.25, 0.3) is 5.69 Å². The Morgan fingerprint density at radius 3 is 2.61 bits per heavy atom. The number of fused-ring (bicyclic) bond motifs is 1. The summed E-state index contributed by atoms with van der Waals surface area (Å²) in [5.41, 5.74) is 11.3. The summed E-state index contributed by atoms with van der Waals surface area (Å²) in [7, 11) is 3.99. The maximum atomic E-state index is 13.3. The van der Waals surface area contributed by atoms with Crippen molar-refractivity contribution in [3.05, 3.63) is 69.9 Å². The molecule has 1 aromatic carbocycles. The minimum absolute atomic E-state index is 0.0163. The van der Waals surface area contributed by atoms with Gasteiger partial charge < -0.3 is 15.5 Å². The van der Waals surface area contributed by atoms with Gasteiger partial charge in [-0.05, 0) is 42.8 Å². The van der Waals surface area contributed by atoms with Gasteiger partial charge in [0.1, 0.15) is 5.69 Å². The molecule has 144 valence electrons. The second-order valence-electron chi connectivity index (χ2n) is 7.31. The van der Waals surface area contributed by atoms with Gasteiger partial charge in [0.15, 0.2) is 0 Å². The van der Waals surface area contributed by atoms with Crippen molar-refractivity contribution in [2.45, 2.75) is 19.9 Å². The molecule has 0 saturated carbocycles. The zero-order valence-corrected chi connectivity index (χ0v) is 16.4. The van der Waals surface area contributed by atoms with Gasteiger partial charge in [-0.1, -0.05) is 0 Å². The van der Waals surface area contributed by atoms with E-state index < -0.39 is 0 Å². The van der Waals surface area contributed by atoms with Crippen molar-refractivity contribution in [2.24, 2.45) is 0 Å². The zero-order chi connectivity index (χ0) is 19.8. The molecular weight excluding hydrogens is 352 g/mol. The Morgan fingerprint density at radius 2 is 1.89 bits per heavy atom. The number of aryl methyl sites for hydroxylation is 1. The van der Waals surface area contributed by atoms with Crippen molar-refractivity contribution in [1.82, 2.24) is 14.5 Å². The summed E-state index contributed by atoms with van der Waals surface area (Å²) in [6, 6.07) is 9.96. The average Bonchev–Trinajstić information content (AvgIpc) is 2.68. The summed E-state index contributed by atoms with van der Waals surface area (Å²) in [4.78, 5) is 25.9. The van der Waals surface area contributed by atoms with E-state index in [2.05, 4.69) is 14.9 Å². The summed E-state index contributed by atoms with van der Waals surface area (Å²) in [5.74, 6) is 0.298. The van der Waals surface area contributed by atoms with Gasteiger partial charge in [0.05, 0.1) is 5.69 Å². The molecule has 7 heteroatoms. The predicted octanol–water partition coefficient (Wildman–Crippen LogP) is 2.15. The average molecular weight is 376 g/mol. The highest BCUT2D eigenvalue weighted by Gasteiger charge is 2.22. The number of anilines is 3. The zero-order valence-electron chi connectivity index (χ0n) is 16.4. The molecule has 0 unspecified atom stereocenters. The highest BCUT2D eigenvalue weighted by atomic mass is 16.1. The van der Waals surface area contributed by atoms with Crippen molar-refractivity contribution < 1.29 is 0 Å². The van der Waals surface area contributed by atoms with Crippen LogP contribution >= 0.6 is 0 Å². The van der Waals surface area contributed by atoms with E-state index in [9.17, 15) is 4.79 Å². The molecule has 1 aliphatic heterocycles. The molecule has 0 bridgehead atoms. The first-order valence-electron chi connectivity index (χ1n) is 9.29. The van der Waals surface area contributed by atoms with Crippen LogP contribution in [0.2, 0.25) is 0 Å². The second-order valence-corrected chi connectivity index (χ2v) is 7.31. The monoisotopic (exact) mass is 376 g/mol. The van der Waals surface area contributed by atoms with Crippen LogP contribution in [0.15, 0.2) is 47.5 Å². The Labute approximate surface area is 164 Å². The van der Waals surface area contributed by atoms with Crippen LogP contribution in [-0.4, -0.2) is 35.2 Å². The highest BCUT2D eigenvalue weighted by Crippen LogP contribution is 2.24. The van der Waals surface area contributed by atoms with E-state index in [0.717, 1.165) is 46.8 Å². The van der Waals surface area contributed by atoms with E-state index in [4.69, 9.17) is 5.73 Å². The number of benzene rings is 1. The molecule has 3 heterocycles. The third-order valence-electron chi connectivity index (χ3n) is 5.18. The molecule has 0 fully saturated rings. The molecule has 1 aliphatic rings. The first kappa shape index (κ1) is 18.0. The van der Waals surface area contributed by atoms with Crippen molar-refractivity contribution >= 4 is 17.3 Å². The largest absolute Gasteiger partial charge is 0.378 e. The topological polar surface area (TPSA) is 80.3 Å². The van der Waals surface area contributed by atoms with Crippen LogP contribution in [0.3, 0.4) is 0 Å². The molecule has 0 saturated heterocycles. The summed E-state index contributed by atoms with van der Waals surface area (Å²) < 4.78 is 1.71. The fourth-order valence-corrected chi connectivity index (χ4v) is 3.64. The number of hydrogen-bond acceptors (Lipinski definition) is 6. The number of pyridine rings is 1. The Kier molecular flexibility index (Phi) is 4.50. The number of nitrogen functional groups attached to an aromatic ring is 1. The normalized spacial score (nSPS) is 13.3. The number of nitrogens with zero attached hydrogens (tertiary/aromatic N) is 5. The third kappa shape index (κ3) is 3.19. The van der Waals surface area contributed by atoms with Crippen LogP contribution in [0.4, 0.5) is 17.3 Å². The van der Waals surface area contributed by atoms with Gasteiger partial charge >= 0.3 is 0 Å². The molecule has 2 aromatic heterocycles. The Balaban J connectivity index is 1.72. The Morgan fingerprint density at radius 1 is 1.14 bits per heavy atom. The number of rotatable bonds is 3. The molecule has 28 heavy (non-hydrogen) atoms. The first-order chi connectivity index (χ1) is 13.4. The first-order valence-corrected chi connectivity index (χ1v) is 9.29. The minimum atomic E-state index is -0.0163. The van der Waals surface area contributed by atoms with E-state index in [0.29, 0.717) is 12.5 Å². The summed E-state index contributed by atoms with van der Waals surface area (Å²) in [6.07, 6.45) is 4.35. The van der Waals surface area contributed by atoms with Gasteiger partial charge in [0.2, 0.25) is 5.95 Å². The molecule has 4 rings (SSSR count). The second kappa shape index (κ2) is 6.99. The Hall–Kier alpha value is -3.35. The van der Waals surface area contributed by atoms with Crippen molar-refractivity contribution in [1.29, 1.82) is 0 Å². The van der Waals surface area contributed by atoms with Crippen molar-refractivity contribution in [3.63, 3.8) is 0 Å². The lowest BCUT2D eigenvalue weighted by atomic mass is 10.1. The van der Waals surface area contributed by atoms with E-state index in [1.165, 1.54) is 0 Å². The van der Waals surface area contributed by atoms with Crippen molar-refractivity contribution in [2.75, 3.05) is 36.2 Å². The van der Waals surface area contributed by atoms with Crippen LogP contribution < -0.4 is 21.1 Å². The van der Waals surface area contributed by atoms with Crippen LogP contribution in [-0.2, 0) is 13.0 Å². The summed E-state index contributed by atoms with van der Waals surface area (Å²) in [5, 5.41) is 0. The fourth-order valence-electron chi connectivity index (χ4n) is 3.64. The quantitative estimate of drug-likeness (QED) is 0.754. The lowest BCUT2D eigenvalue weighted by Crippen LogP contribution is -2.37. The molecule has 0 radical (unpaired) electrons. The molecule has 7 nitrogen and oxygen atoms in total. The maximum Gasteiger partial charge on any atom is 0.278 e. The SMILES string of the molecule is Cc1ccn(-c2ccc(N(C)C)cc2)c(=O)c1N1CCc2nc(N)ncc2C1. The van der Waals surface area contributed by atoms with Crippen LogP contribution in [0.5, 0.6) is 0 Å².